The molecule has 0 aromatic heterocycles. The van der Waals surface area contributed by atoms with E-state index >= 15 is 0 Å². The molecule has 0 saturated carbocycles. The Kier molecular flexibility index (Phi) is 4.28. The molecule has 0 aliphatic carbocycles. The Labute approximate surface area is 114 Å². The van der Waals surface area contributed by atoms with Gasteiger partial charge in [0, 0.05) is 6.07 Å². The third-order valence-corrected chi connectivity index (χ3v) is 2.72. The molecule has 5 heteroatoms. The number of nitrogens with zero attached hydrogens (tertiary/aromatic N) is 1. The third-order valence-electron chi connectivity index (χ3n) is 2.72. The minimum atomic E-state index is -1.00. The van der Waals surface area contributed by atoms with E-state index in [0.29, 0.717) is 11.1 Å². The summed E-state index contributed by atoms with van der Waals surface area (Å²) in [5, 5.41) is 18.6. The lowest BCUT2D eigenvalue weighted by atomic mass is 10.1. The van der Waals surface area contributed by atoms with Gasteiger partial charge in [0.2, 0.25) is 0 Å². The zero-order valence-electron chi connectivity index (χ0n) is 10.4. The van der Waals surface area contributed by atoms with Gasteiger partial charge in [-0.25, -0.2) is 8.78 Å². The van der Waals surface area contributed by atoms with Crippen molar-refractivity contribution in [3.8, 4) is 11.8 Å². The van der Waals surface area contributed by atoms with Crippen LogP contribution in [0.5, 0.6) is 5.75 Å². The third kappa shape index (κ3) is 3.31. The van der Waals surface area contributed by atoms with Crippen LogP contribution < -0.4 is 4.74 Å². The lowest BCUT2D eigenvalue weighted by molar-refractivity contribution is 0.108. The molecule has 1 N–H and O–H groups in total. The second-order valence-electron chi connectivity index (χ2n) is 4.14. The fraction of sp³-hybridized carbons (Fsp3) is 0.133. The van der Waals surface area contributed by atoms with E-state index in [4.69, 9.17) is 10.00 Å². The summed E-state index contributed by atoms with van der Waals surface area (Å²) in [6.07, 6.45) is -0.921. The van der Waals surface area contributed by atoms with E-state index in [1.165, 1.54) is 6.07 Å². The van der Waals surface area contributed by atoms with Gasteiger partial charge in [-0.15, -0.1) is 0 Å². The monoisotopic (exact) mass is 275 g/mol. The first-order valence-electron chi connectivity index (χ1n) is 5.86. The van der Waals surface area contributed by atoms with Crippen molar-refractivity contribution in [3.05, 3.63) is 65.2 Å². The Hall–Kier alpha value is -2.45. The number of benzene rings is 2. The lowest BCUT2D eigenvalue weighted by Crippen LogP contribution is -2.09. The summed E-state index contributed by atoms with van der Waals surface area (Å²) in [6, 6.07) is 11.5. The molecule has 0 heterocycles. The van der Waals surface area contributed by atoms with E-state index < -0.39 is 17.7 Å². The molecule has 0 saturated heterocycles. The van der Waals surface area contributed by atoms with Crippen LogP contribution in [-0.2, 0) is 0 Å². The van der Waals surface area contributed by atoms with Crippen molar-refractivity contribution in [2.75, 3.05) is 6.61 Å². The van der Waals surface area contributed by atoms with Crippen LogP contribution in [0.4, 0.5) is 8.78 Å². The summed E-state index contributed by atoms with van der Waals surface area (Å²) in [5.74, 6) is -1.82. The van der Waals surface area contributed by atoms with Gasteiger partial charge in [-0.2, -0.15) is 5.26 Å². The van der Waals surface area contributed by atoms with Gasteiger partial charge in [0.05, 0.1) is 11.6 Å². The molecule has 0 fully saturated rings. The molecule has 20 heavy (non-hydrogen) atoms. The number of hydrogen-bond acceptors (Lipinski definition) is 3. The highest BCUT2D eigenvalue weighted by Crippen LogP contribution is 2.19. The Balaban J connectivity index is 1.99. The molecule has 102 valence electrons. The summed E-state index contributed by atoms with van der Waals surface area (Å²) >= 11 is 0. The smallest absolute Gasteiger partial charge is 0.162 e. The van der Waals surface area contributed by atoms with Crippen molar-refractivity contribution >= 4 is 0 Å². The van der Waals surface area contributed by atoms with Crippen LogP contribution in [0, 0.1) is 23.0 Å². The van der Waals surface area contributed by atoms with Gasteiger partial charge in [-0.05, 0) is 29.8 Å². The predicted molar refractivity (Wildman–Crippen MR) is 68.0 cm³/mol. The van der Waals surface area contributed by atoms with Gasteiger partial charge >= 0.3 is 0 Å². The van der Waals surface area contributed by atoms with Crippen molar-refractivity contribution in [2.24, 2.45) is 0 Å². The molecule has 2 aromatic rings. The molecular weight excluding hydrogens is 264 g/mol. The summed E-state index contributed by atoms with van der Waals surface area (Å²) in [7, 11) is 0. The van der Waals surface area contributed by atoms with Crippen LogP contribution >= 0.6 is 0 Å². The highest BCUT2D eigenvalue weighted by Gasteiger charge is 2.10. The van der Waals surface area contributed by atoms with Gasteiger partial charge in [-0.1, -0.05) is 12.1 Å². The van der Waals surface area contributed by atoms with E-state index in [1.807, 2.05) is 6.07 Å². The number of rotatable bonds is 4. The van der Waals surface area contributed by atoms with Crippen molar-refractivity contribution < 1.29 is 18.6 Å². The molecule has 2 aromatic carbocycles. The van der Waals surface area contributed by atoms with Crippen LogP contribution in [0.15, 0.2) is 42.5 Å². The second kappa shape index (κ2) is 6.13. The van der Waals surface area contributed by atoms with E-state index in [2.05, 4.69) is 0 Å². The first-order valence-corrected chi connectivity index (χ1v) is 5.86. The number of ether oxygens (including phenoxy) is 1. The van der Waals surface area contributed by atoms with E-state index in [9.17, 15) is 13.9 Å². The fourth-order valence-corrected chi connectivity index (χ4v) is 1.62. The molecule has 0 aliphatic heterocycles. The molecule has 1 atom stereocenters. The summed E-state index contributed by atoms with van der Waals surface area (Å²) < 4.78 is 30.9. The van der Waals surface area contributed by atoms with Gasteiger partial charge in [0.25, 0.3) is 0 Å². The topological polar surface area (TPSA) is 53.2 Å². The minimum Gasteiger partial charge on any atom is -0.490 e. The largest absolute Gasteiger partial charge is 0.490 e. The number of nitriles is 1. The summed E-state index contributed by atoms with van der Waals surface area (Å²) in [6.45, 7) is -0.100. The zero-order chi connectivity index (χ0) is 14.5. The first kappa shape index (κ1) is 14.0. The average Bonchev–Trinajstić information content (AvgIpc) is 2.48. The fourth-order valence-electron chi connectivity index (χ4n) is 1.62. The first-order chi connectivity index (χ1) is 9.60. The van der Waals surface area contributed by atoms with Crippen molar-refractivity contribution in [1.29, 1.82) is 5.26 Å². The van der Waals surface area contributed by atoms with Gasteiger partial charge in [-0.3, -0.25) is 0 Å². The molecule has 0 bridgehead atoms. The zero-order valence-corrected chi connectivity index (χ0v) is 10.4. The maximum Gasteiger partial charge on any atom is 0.162 e. The summed E-state index contributed by atoms with van der Waals surface area (Å²) in [4.78, 5) is 0. The maximum absolute atomic E-state index is 13.0. The quantitative estimate of drug-likeness (QED) is 0.933. The molecule has 1 unspecified atom stereocenters. The normalized spacial score (nSPS) is 11.7. The Morgan fingerprint density at radius 2 is 1.80 bits per heavy atom. The predicted octanol–water partition coefficient (Wildman–Crippen LogP) is 2.95. The maximum atomic E-state index is 13.0. The van der Waals surface area contributed by atoms with Gasteiger partial charge in [0.15, 0.2) is 11.6 Å². The second-order valence-corrected chi connectivity index (χ2v) is 4.14. The molecule has 0 radical (unpaired) electrons. The van der Waals surface area contributed by atoms with Crippen LogP contribution in [0.2, 0.25) is 0 Å². The van der Waals surface area contributed by atoms with Crippen LogP contribution in [0.1, 0.15) is 17.2 Å². The van der Waals surface area contributed by atoms with Gasteiger partial charge in [0.1, 0.15) is 18.5 Å². The van der Waals surface area contributed by atoms with E-state index in [1.54, 1.807) is 24.3 Å². The minimum absolute atomic E-state index is 0.100. The van der Waals surface area contributed by atoms with Crippen molar-refractivity contribution in [2.45, 2.75) is 6.10 Å². The van der Waals surface area contributed by atoms with E-state index in [0.717, 1.165) is 12.1 Å². The summed E-state index contributed by atoms with van der Waals surface area (Å²) in [5.41, 5.74) is 1.06. The number of aliphatic hydroxyl groups is 1. The van der Waals surface area contributed by atoms with Crippen LogP contribution in [0.3, 0.4) is 0 Å². The van der Waals surface area contributed by atoms with Gasteiger partial charge < -0.3 is 9.84 Å². The van der Waals surface area contributed by atoms with Crippen molar-refractivity contribution in [1.82, 2.24) is 0 Å². The number of hydrogen-bond donors (Lipinski definition) is 1. The SMILES string of the molecule is N#Cc1ccc(C(O)COc2ccc(F)c(F)c2)cc1. The molecule has 0 spiro atoms. The molecule has 2 rings (SSSR count). The Morgan fingerprint density at radius 3 is 2.40 bits per heavy atom. The molecule has 0 amide bonds. The van der Waals surface area contributed by atoms with Crippen LogP contribution in [0.25, 0.3) is 0 Å². The van der Waals surface area contributed by atoms with Crippen molar-refractivity contribution in [3.63, 3.8) is 0 Å². The molecule has 3 nitrogen and oxygen atoms in total. The highest BCUT2D eigenvalue weighted by atomic mass is 19.2. The number of halogens is 2. The number of aliphatic hydroxyl groups excluding tert-OH is 1. The highest BCUT2D eigenvalue weighted by molar-refractivity contribution is 5.32. The molecule has 0 aliphatic rings. The Bertz CT molecular complexity index is 635. The average molecular weight is 275 g/mol. The Morgan fingerprint density at radius 1 is 1.10 bits per heavy atom. The van der Waals surface area contributed by atoms with E-state index in [-0.39, 0.29) is 12.4 Å². The van der Waals surface area contributed by atoms with Crippen LogP contribution in [-0.4, -0.2) is 11.7 Å². The standard InChI is InChI=1S/C15H11F2NO2/c16-13-6-5-12(7-14(13)17)20-9-15(19)11-3-1-10(8-18)2-4-11/h1-7,15,19H,9H2. The molecular formula is C15H11F2NO2. The lowest BCUT2D eigenvalue weighted by Gasteiger charge is -2.12.